The summed E-state index contributed by atoms with van der Waals surface area (Å²) in [5, 5.41) is 5.10. The van der Waals surface area contributed by atoms with Crippen molar-refractivity contribution in [3.05, 3.63) is 46.0 Å². The SMILES string of the molecule is CCc1nn(CC)c(COc2ccc(F)c(C)c2)c1Cl. The van der Waals surface area contributed by atoms with E-state index in [1.165, 1.54) is 6.07 Å². The van der Waals surface area contributed by atoms with Crippen LogP contribution in [0.2, 0.25) is 5.02 Å². The lowest BCUT2D eigenvalue weighted by Gasteiger charge is -2.09. The summed E-state index contributed by atoms with van der Waals surface area (Å²) in [7, 11) is 0. The Morgan fingerprint density at radius 3 is 2.70 bits per heavy atom. The van der Waals surface area contributed by atoms with Crippen LogP contribution in [0.1, 0.15) is 30.8 Å². The fourth-order valence-corrected chi connectivity index (χ4v) is 2.34. The van der Waals surface area contributed by atoms with Crippen LogP contribution >= 0.6 is 11.6 Å². The van der Waals surface area contributed by atoms with Crippen LogP contribution in [0.3, 0.4) is 0 Å². The monoisotopic (exact) mass is 296 g/mol. The molecule has 20 heavy (non-hydrogen) atoms. The zero-order valence-corrected chi connectivity index (χ0v) is 12.7. The summed E-state index contributed by atoms with van der Waals surface area (Å²) < 4.78 is 20.7. The molecule has 0 atom stereocenters. The maximum atomic E-state index is 13.2. The molecule has 0 saturated carbocycles. The molecular weight excluding hydrogens is 279 g/mol. The average Bonchev–Trinajstić information content (AvgIpc) is 2.76. The van der Waals surface area contributed by atoms with E-state index in [4.69, 9.17) is 16.3 Å². The Kier molecular flexibility index (Phi) is 4.65. The molecule has 108 valence electrons. The first-order chi connectivity index (χ1) is 9.56. The van der Waals surface area contributed by atoms with Crippen molar-refractivity contribution in [2.24, 2.45) is 0 Å². The zero-order valence-electron chi connectivity index (χ0n) is 11.9. The first-order valence-electron chi connectivity index (χ1n) is 6.69. The minimum Gasteiger partial charge on any atom is -0.487 e. The maximum absolute atomic E-state index is 13.2. The Hall–Kier alpha value is -1.55. The highest BCUT2D eigenvalue weighted by Gasteiger charge is 2.14. The molecular formula is C15H18ClFN2O. The van der Waals surface area contributed by atoms with Crippen molar-refractivity contribution in [3.8, 4) is 5.75 Å². The second-order valence-electron chi connectivity index (χ2n) is 4.58. The van der Waals surface area contributed by atoms with E-state index < -0.39 is 0 Å². The molecule has 1 aromatic carbocycles. The highest BCUT2D eigenvalue weighted by atomic mass is 35.5. The van der Waals surface area contributed by atoms with Gasteiger partial charge in [-0.15, -0.1) is 0 Å². The molecule has 1 heterocycles. The van der Waals surface area contributed by atoms with Gasteiger partial charge in [-0.25, -0.2) is 4.39 Å². The van der Waals surface area contributed by atoms with Crippen LogP contribution in [0.25, 0.3) is 0 Å². The Balaban J connectivity index is 2.17. The molecule has 0 aliphatic heterocycles. The number of benzene rings is 1. The minimum absolute atomic E-state index is 0.234. The Morgan fingerprint density at radius 2 is 2.10 bits per heavy atom. The lowest BCUT2D eigenvalue weighted by molar-refractivity contribution is 0.292. The molecule has 1 aromatic heterocycles. The van der Waals surface area contributed by atoms with E-state index >= 15 is 0 Å². The molecule has 0 bridgehead atoms. The quantitative estimate of drug-likeness (QED) is 0.829. The van der Waals surface area contributed by atoms with Gasteiger partial charge >= 0.3 is 0 Å². The molecule has 3 nitrogen and oxygen atoms in total. The van der Waals surface area contributed by atoms with Crippen molar-refractivity contribution < 1.29 is 9.13 Å². The van der Waals surface area contributed by atoms with Crippen molar-refractivity contribution in [3.63, 3.8) is 0 Å². The Morgan fingerprint density at radius 1 is 1.35 bits per heavy atom. The Bertz CT molecular complexity index is 610. The minimum atomic E-state index is -0.234. The third-order valence-corrected chi connectivity index (χ3v) is 3.64. The van der Waals surface area contributed by atoms with Crippen LogP contribution in [0.4, 0.5) is 4.39 Å². The number of aryl methyl sites for hydroxylation is 3. The van der Waals surface area contributed by atoms with E-state index in [1.54, 1.807) is 19.1 Å². The fraction of sp³-hybridized carbons (Fsp3) is 0.400. The van der Waals surface area contributed by atoms with Crippen molar-refractivity contribution in [1.82, 2.24) is 9.78 Å². The van der Waals surface area contributed by atoms with Gasteiger partial charge in [0.05, 0.1) is 16.4 Å². The summed E-state index contributed by atoms with van der Waals surface area (Å²) >= 11 is 6.31. The van der Waals surface area contributed by atoms with Crippen LogP contribution in [0.5, 0.6) is 5.75 Å². The molecule has 0 unspecified atom stereocenters. The van der Waals surface area contributed by atoms with Gasteiger partial charge in [-0.2, -0.15) is 5.10 Å². The second kappa shape index (κ2) is 6.27. The lowest BCUT2D eigenvalue weighted by Crippen LogP contribution is -2.06. The van der Waals surface area contributed by atoms with E-state index in [1.807, 2.05) is 18.5 Å². The fourth-order valence-electron chi connectivity index (χ4n) is 2.01. The van der Waals surface area contributed by atoms with Gasteiger partial charge in [0.15, 0.2) is 0 Å². The number of hydrogen-bond donors (Lipinski definition) is 0. The molecule has 5 heteroatoms. The zero-order chi connectivity index (χ0) is 14.7. The van der Waals surface area contributed by atoms with Crippen LogP contribution in [0.15, 0.2) is 18.2 Å². The largest absolute Gasteiger partial charge is 0.487 e. The summed E-state index contributed by atoms with van der Waals surface area (Å²) in [6.07, 6.45) is 0.786. The van der Waals surface area contributed by atoms with Crippen molar-refractivity contribution in [2.45, 2.75) is 40.3 Å². The van der Waals surface area contributed by atoms with Gasteiger partial charge in [-0.1, -0.05) is 18.5 Å². The summed E-state index contributed by atoms with van der Waals surface area (Å²) in [6, 6.07) is 4.70. The first-order valence-corrected chi connectivity index (χ1v) is 7.07. The smallest absolute Gasteiger partial charge is 0.131 e. The van der Waals surface area contributed by atoms with Crippen LogP contribution in [0, 0.1) is 12.7 Å². The number of halogens is 2. The van der Waals surface area contributed by atoms with Gasteiger partial charge in [0.2, 0.25) is 0 Å². The lowest BCUT2D eigenvalue weighted by atomic mass is 10.2. The molecule has 0 aliphatic rings. The molecule has 0 radical (unpaired) electrons. The summed E-state index contributed by atoms with van der Waals surface area (Å²) in [4.78, 5) is 0. The number of ether oxygens (including phenoxy) is 1. The van der Waals surface area contributed by atoms with Crippen molar-refractivity contribution in [1.29, 1.82) is 0 Å². The van der Waals surface area contributed by atoms with Gasteiger partial charge in [0.25, 0.3) is 0 Å². The van der Waals surface area contributed by atoms with Gasteiger partial charge in [-0.3, -0.25) is 4.68 Å². The Labute approximate surface area is 123 Å². The van der Waals surface area contributed by atoms with Crippen LogP contribution in [-0.4, -0.2) is 9.78 Å². The van der Waals surface area contributed by atoms with E-state index in [0.717, 1.165) is 24.4 Å². The molecule has 0 amide bonds. The normalized spacial score (nSPS) is 10.8. The van der Waals surface area contributed by atoms with E-state index in [2.05, 4.69) is 5.10 Å². The summed E-state index contributed by atoms with van der Waals surface area (Å²) in [6.45, 7) is 6.79. The summed E-state index contributed by atoms with van der Waals surface area (Å²) in [5.41, 5.74) is 2.29. The first kappa shape index (κ1) is 14.9. The van der Waals surface area contributed by atoms with E-state index in [0.29, 0.717) is 22.9 Å². The van der Waals surface area contributed by atoms with Crippen LogP contribution in [-0.2, 0) is 19.6 Å². The second-order valence-corrected chi connectivity index (χ2v) is 4.95. The average molecular weight is 297 g/mol. The maximum Gasteiger partial charge on any atom is 0.131 e. The third-order valence-electron chi connectivity index (χ3n) is 3.20. The van der Waals surface area contributed by atoms with Gasteiger partial charge in [0.1, 0.15) is 18.2 Å². The summed E-state index contributed by atoms with van der Waals surface area (Å²) in [5.74, 6) is 0.393. The van der Waals surface area contributed by atoms with Gasteiger partial charge < -0.3 is 4.74 Å². The topological polar surface area (TPSA) is 27.1 Å². The molecule has 0 saturated heterocycles. The number of hydrogen-bond acceptors (Lipinski definition) is 2. The van der Waals surface area contributed by atoms with Gasteiger partial charge in [-0.05, 0) is 44.0 Å². The molecule has 0 aliphatic carbocycles. The van der Waals surface area contributed by atoms with Crippen LogP contribution < -0.4 is 4.74 Å². The number of aromatic nitrogens is 2. The highest BCUT2D eigenvalue weighted by molar-refractivity contribution is 6.31. The van der Waals surface area contributed by atoms with E-state index in [-0.39, 0.29) is 5.82 Å². The van der Waals surface area contributed by atoms with Crippen molar-refractivity contribution >= 4 is 11.6 Å². The molecule has 2 rings (SSSR count). The molecule has 0 fully saturated rings. The molecule has 0 N–H and O–H groups in total. The predicted molar refractivity (Wildman–Crippen MR) is 77.8 cm³/mol. The van der Waals surface area contributed by atoms with E-state index in [9.17, 15) is 4.39 Å². The highest BCUT2D eigenvalue weighted by Crippen LogP contribution is 2.24. The van der Waals surface area contributed by atoms with Crippen molar-refractivity contribution in [2.75, 3.05) is 0 Å². The predicted octanol–water partition coefficient (Wildman–Crippen LogP) is 4.15. The molecule has 0 spiro atoms. The standard InChI is InChI=1S/C15H18ClFN2O/c1-4-13-15(16)14(19(5-2)18-13)9-20-11-6-7-12(17)10(3)8-11/h6-8H,4-5,9H2,1-3H3. The van der Waals surface area contributed by atoms with Gasteiger partial charge in [0, 0.05) is 6.54 Å². The number of rotatable bonds is 5. The third kappa shape index (κ3) is 2.96. The molecule has 2 aromatic rings. The number of nitrogens with zero attached hydrogens (tertiary/aromatic N) is 2.